The summed E-state index contributed by atoms with van der Waals surface area (Å²) in [6.45, 7) is 8.57. The van der Waals surface area contributed by atoms with Gasteiger partial charge in [0.15, 0.2) is 6.10 Å². The number of nitrogens with two attached hydrogens (primary N) is 1. The van der Waals surface area contributed by atoms with Gasteiger partial charge in [0.2, 0.25) is 0 Å². The van der Waals surface area contributed by atoms with E-state index in [0.29, 0.717) is 18.2 Å². The minimum atomic E-state index is -0.546. The molecule has 0 radical (unpaired) electrons. The lowest BCUT2D eigenvalue weighted by Crippen LogP contribution is -2.37. The van der Waals surface area contributed by atoms with Crippen LogP contribution in [-0.2, 0) is 4.79 Å². The number of amides is 1. The van der Waals surface area contributed by atoms with E-state index in [-0.39, 0.29) is 11.9 Å². The molecular weight excluding hydrogens is 332 g/mol. The highest BCUT2D eigenvalue weighted by Crippen LogP contribution is 2.28. The van der Waals surface area contributed by atoms with Crippen LogP contribution in [-0.4, -0.2) is 18.6 Å². The Bertz CT molecular complexity index is 475. The first kappa shape index (κ1) is 18.0. The first-order chi connectivity index (χ1) is 9.81. The molecule has 0 saturated heterocycles. The van der Waals surface area contributed by atoms with Gasteiger partial charge in [0, 0.05) is 22.6 Å². The third-order valence-electron chi connectivity index (χ3n) is 3.16. The molecule has 0 aliphatic carbocycles. The summed E-state index contributed by atoms with van der Waals surface area (Å²) < 4.78 is 6.71. The van der Waals surface area contributed by atoms with Gasteiger partial charge in [-0.05, 0) is 44.4 Å². The van der Waals surface area contributed by atoms with Crippen molar-refractivity contribution in [1.29, 1.82) is 0 Å². The highest BCUT2D eigenvalue weighted by atomic mass is 79.9. The summed E-state index contributed by atoms with van der Waals surface area (Å²) in [6, 6.07) is 5.47. The first-order valence-corrected chi connectivity index (χ1v) is 8.10. The van der Waals surface area contributed by atoms with Gasteiger partial charge in [-0.3, -0.25) is 4.79 Å². The Balaban J connectivity index is 2.65. The van der Waals surface area contributed by atoms with Crippen LogP contribution in [0.25, 0.3) is 0 Å². The van der Waals surface area contributed by atoms with Crippen LogP contribution in [0.2, 0.25) is 0 Å². The quantitative estimate of drug-likeness (QED) is 0.786. The van der Waals surface area contributed by atoms with E-state index in [1.54, 1.807) is 6.92 Å². The van der Waals surface area contributed by atoms with Crippen LogP contribution in [0.1, 0.15) is 45.7 Å². The van der Waals surface area contributed by atoms with Crippen molar-refractivity contribution in [2.75, 3.05) is 6.54 Å². The Morgan fingerprint density at radius 3 is 2.57 bits per heavy atom. The summed E-state index contributed by atoms with van der Waals surface area (Å²) in [6.07, 6.45) is 0.415. The second-order valence-electron chi connectivity index (χ2n) is 5.70. The number of hydrogen-bond acceptors (Lipinski definition) is 3. The van der Waals surface area contributed by atoms with E-state index in [1.165, 1.54) is 0 Å². The molecule has 0 aliphatic rings. The van der Waals surface area contributed by atoms with Crippen LogP contribution in [0.15, 0.2) is 22.7 Å². The summed E-state index contributed by atoms with van der Waals surface area (Å²) in [5, 5.41) is 2.89. The third-order valence-corrected chi connectivity index (χ3v) is 3.65. The van der Waals surface area contributed by atoms with E-state index in [0.717, 1.165) is 16.5 Å². The summed E-state index contributed by atoms with van der Waals surface area (Å²) in [5.74, 6) is 1.12. The van der Waals surface area contributed by atoms with Crippen LogP contribution in [0, 0.1) is 5.92 Å². The van der Waals surface area contributed by atoms with Crippen molar-refractivity contribution in [1.82, 2.24) is 5.32 Å². The third kappa shape index (κ3) is 6.06. The maximum Gasteiger partial charge on any atom is 0.260 e. The van der Waals surface area contributed by atoms with Gasteiger partial charge in [-0.25, -0.2) is 0 Å². The first-order valence-electron chi connectivity index (χ1n) is 7.30. The zero-order valence-corrected chi connectivity index (χ0v) is 14.7. The van der Waals surface area contributed by atoms with Crippen molar-refractivity contribution in [3.63, 3.8) is 0 Å². The standard InChI is InChI=1S/C16H25BrN2O2/c1-10(2)7-8-19-16(20)12(4)21-15-6-5-13(17)9-14(15)11(3)18/h5-6,9-12H,7-8,18H2,1-4H3,(H,19,20)/t11-,12?/m1/s1. The fourth-order valence-corrected chi connectivity index (χ4v) is 2.23. The molecule has 1 unspecified atom stereocenters. The molecule has 3 N–H and O–H groups in total. The predicted octanol–water partition coefficient (Wildman–Crippen LogP) is 3.40. The van der Waals surface area contributed by atoms with Crippen LogP contribution < -0.4 is 15.8 Å². The normalized spacial score (nSPS) is 13.9. The summed E-state index contributed by atoms with van der Waals surface area (Å²) >= 11 is 3.42. The SMILES string of the molecule is CC(C)CCNC(=O)C(C)Oc1ccc(Br)cc1[C@@H](C)N. The molecule has 0 spiro atoms. The molecule has 0 heterocycles. The van der Waals surface area contributed by atoms with Crippen molar-refractivity contribution in [3.8, 4) is 5.75 Å². The van der Waals surface area contributed by atoms with Crippen molar-refractivity contribution in [3.05, 3.63) is 28.2 Å². The molecule has 0 aromatic heterocycles. The average molecular weight is 357 g/mol. The average Bonchev–Trinajstić information content (AvgIpc) is 2.39. The van der Waals surface area contributed by atoms with E-state index in [9.17, 15) is 4.79 Å². The second-order valence-corrected chi connectivity index (χ2v) is 6.62. The molecule has 0 fully saturated rings. The van der Waals surface area contributed by atoms with Gasteiger partial charge in [0.1, 0.15) is 5.75 Å². The molecular formula is C16H25BrN2O2. The molecule has 4 nitrogen and oxygen atoms in total. The number of ether oxygens (including phenoxy) is 1. The van der Waals surface area contributed by atoms with Gasteiger partial charge in [0.05, 0.1) is 0 Å². The van der Waals surface area contributed by atoms with E-state index >= 15 is 0 Å². The zero-order valence-electron chi connectivity index (χ0n) is 13.2. The molecule has 5 heteroatoms. The van der Waals surface area contributed by atoms with E-state index in [4.69, 9.17) is 10.5 Å². The minimum absolute atomic E-state index is 0.103. The maximum absolute atomic E-state index is 12.0. The molecule has 2 atom stereocenters. The number of hydrogen-bond donors (Lipinski definition) is 2. The van der Waals surface area contributed by atoms with Crippen molar-refractivity contribution in [2.24, 2.45) is 11.7 Å². The molecule has 1 amide bonds. The highest BCUT2D eigenvalue weighted by Gasteiger charge is 2.17. The lowest BCUT2D eigenvalue weighted by atomic mass is 10.1. The second kappa shape index (κ2) is 8.39. The maximum atomic E-state index is 12.0. The smallest absolute Gasteiger partial charge is 0.260 e. The molecule has 1 aromatic carbocycles. The molecule has 0 bridgehead atoms. The fourth-order valence-electron chi connectivity index (χ4n) is 1.85. The number of nitrogens with one attached hydrogen (secondary N) is 1. The number of benzene rings is 1. The predicted molar refractivity (Wildman–Crippen MR) is 89.3 cm³/mol. The Kier molecular flexibility index (Phi) is 7.18. The van der Waals surface area contributed by atoms with E-state index in [1.807, 2.05) is 25.1 Å². The van der Waals surface area contributed by atoms with Gasteiger partial charge < -0.3 is 15.8 Å². The van der Waals surface area contributed by atoms with Crippen molar-refractivity contribution < 1.29 is 9.53 Å². The fraction of sp³-hybridized carbons (Fsp3) is 0.562. The number of carbonyl (C=O) groups is 1. The Morgan fingerprint density at radius 1 is 1.33 bits per heavy atom. The number of halogens is 1. The number of rotatable bonds is 7. The molecule has 118 valence electrons. The van der Waals surface area contributed by atoms with Gasteiger partial charge in [-0.15, -0.1) is 0 Å². The highest BCUT2D eigenvalue weighted by molar-refractivity contribution is 9.10. The van der Waals surface area contributed by atoms with Crippen LogP contribution >= 0.6 is 15.9 Å². The van der Waals surface area contributed by atoms with Crippen LogP contribution in [0.4, 0.5) is 0 Å². The molecule has 0 aliphatic heterocycles. The van der Waals surface area contributed by atoms with Gasteiger partial charge in [-0.1, -0.05) is 29.8 Å². The Morgan fingerprint density at radius 2 is 2.00 bits per heavy atom. The molecule has 1 rings (SSSR count). The summed E-state index contributed by atoms with van der Waals surface area (Å²) in [5.41, 5.74) is 6.83. The molecule has 0 saturated carbocycles. The van der Waals surface area contributed by atoms with Crippen LogP contribution in [0.3, 0.4) is 0 Å². The minimum Gasteiger partial charge on any atom is -0.481 e. The number of carbonyl (C=O) groups excluding carboxylic acids is 1. The topological polar surface area (TPSA) is 64.3 Å². The Labute approximate surface area is 135 Å². The molecule has 21 heavy (non-hydrogen) atoms. The van der Waals surface area contributed by atoms with Crippen molar-refractivity contribution >= 4 is 21.8 Å². The van der Waals surface area contributed by atoms with E-state index < -0.39 is 6.10 Å². The summed E-state index contributed by atoms with van der Waals surface area (Å²) in [4.78, 5) is 12.0. The van der Waals surface area contributed by atoms with Gasteiger partial charge in [-0.2, -0.15) is 0 Å². The Hall–Kier alpha value is -1.07. The zero-order chi connectivity index (χ0) is 16.0. The molecule has 1 aromatic rings. The lowest BCUT2D eigenvalue weighted by molar-refractivity contribution is -0.127. The lowest BCUT2D eigenvalue weighted by Gasteiger charge is -2.19. The van der Waals surface area contributed by atoms with Crippen LogP contribution in [0.5, 0.6) is 5.75 Å². The van der Waals surface area contributed by atoms with Gasteiger partial charge in [0.25, 0.3) is 5.91 Å². The van der Waals surface area contributed by atoms with Crippen molar-refractivity contribution in [2.45, 2.75) is 46.3 Å². The monoisotopic (exact) mass is 356 g/mol. The van der Waals surface area contributed by atoms with E-state index in [2.05, 4.69) is 35.1 Å². The largest absolute Gasteiger partial charge is 0.481 e. The van der Waals surface area contributed by atoms with Gasteiger partial charge >= 0.3 is 0 Å². The summed E-state index contributed by atoms with van der Waals surface area (Å²) in [7, 11) is 0.